The van der Waals surface area contributed by atoms with Gasteiger partial charge in [0.05, 0.1) is 38.9 Å². The SMILES string of the molecule is COc1cccc(CO[C@H]2CN(CCc3ccccc3)C(=O)CN(C(=O)[C@@H]3CCOC3)C2)c1. The molecule has 2 heterocycles. The van der Waals surface area contributed by atoms with Crippen molar-refractivity contribution in [2.75, 3.05) is 46.5 Å². The van der Waals surface area contributed by atoms with Crippen LogP contribution < -0.4 is 4.74 Å². The van der Waals surface area contributed by atoms with Crippen LogP contribution in [0, 0.1) is 5.92 Å². The summed E-state index contributed by atoms with van der Waals surface area (Å²) in [7, 11) is 1.64. The highest BCUT2D eigenvalue weighted by molar-refractivity contribution is 5.86. The fraction of sp³-hybridized carbons (Fsp3) is 0.462. The lowest BCUT2D eigenvalue weighted by atomic mass is 10.1. The maximum absolute atomic E-state index is 13.1. The van der Waals surface area contributed by atoms with Gasteiger partial charge in [0.15, 0.2) is 0 Å². The maximum atomic E-state index is 13.1. The molecular formula is C26H32N2O5. The smallest absolute Gasteiger partial charge is 0.242 e. The lowest BCUT2D eigenvalue weighted by molar-refractivity contribution is -0.141. The minimum absolute atomic E-state index is 0.0132. The van der Waals surface area contributed by atoms with Crippen LogP contribution in [-0.4, -0.2) is 74.2 Å². The van der Waals surface area contributed by atoms with Gasteiger partial charge in [-0.3, -0.25) is 9.59 Å². The third-order valence-corrected chi connectivity index (χ3v) is 6.25. The molecule has 0 radical (unpaired) electrons. The summed E-state index contributed by atoms with van der Waals surface area (Å²) in [6.07, 6.45) is 1.19. The molecule has 0 aromatic heterocycles. The van der Waals surface area contributed by atoms with Crippen molar-refractivity contribution in [1.82, 2.24) is 9.80 Å². The highest BCUT2D eigenvalue weighted by Gasteiger charge is 2.35. The van der Waals surface area contributed by atoms with Crippen LogP contribution in [0.3, 0.4) is 0 Å². The minimum atomic E-state index is -0.273. The van der Waals surface area contributed by atoms with Crippen molar-refractivity contribution in [2.45, 2.75) is 25.6 Å². The first-order valence-electron chi connectivity index (χ1n) is 11.5. The molecule has 2 atom stereocenters. The Balaban J connectivity index is 1.45. The zero-order chi connectivity index (χ0) is 23.0. The van der Waals surface area contributed by atoms with Crippen LogP contribution in [0.2, 0.25) is 0 Å². The molecule has 4 rings (SSSR count). The Kier molecular flexibility index (Phi) is 7.96. The molecule has 2 aliphatic rings. The van der Waals surface area contributed by atoms with Crippen molar-refractivity contribution < 1.29 is 23.8 Å². The van der Waals surface area contributed by atoms with Crippen LogP contribution in [0.15, 0.2) is 54.6 Å². The van der Waals surface area contributed by atoms with Crippen LogP contribution in [0.4, 0.5) is 0 Å². The van der Waals surface area contributed by atoms with Crippen LogP contribution in [0.1, 0.15) is 17.5 Å². The predicted molar refractivity (Wildman–Crippen MR) is 124 cm³/mol. The number of rotatable bonds is 8. The molecule has 0 spiro atoms. The lowest BCUT2D eigenvalue weighted by Crippen LogP contribution is -2.43. The molecule has 0 saturated carbocycles. The average molecular weight is 453 g/mol. The number of hydrogen-bond acceptors (Lipinski definition) is 5. The van der Waals surface area contributed by atoms with E-state index in [1.807, 2.05) is 47.4 Å². The molecule has 2 amide bonds. The first kappa shape index (κ1) is 23.3. The lowest BCUT2D eigenvalue weighted by Gasteiger charge is -2.26. The molecule has 33 heavy (non-hydrogen) atoms. The summed E-state index contributed by atoms with van der Waals surface area (Å²) in [6, 6.07) is 17.9. The van der Waals surface area contributed by atoms with Crippen molar-refractivity contribution in [3.8, 4) is 5.75 Å². The molecule has 2 aliphatic heterocycles. The first-order valence-corrected chi connectivity index (χ1v) is 11.5. The van der Waals surface area contributed by atoms with Gasteiger partial charge in [0.2, 0.25) is 11.8 Å². The Labute approximate surface area is 195 Å². The summed E-state index contributed by atoms with van der Waals surface area (Å²) in [5.74, 6) is 0.550. The van der Waals surface area contributed by atoms with E-state index >= 15 is 0 Å². The van der Waals surface area contributed by atoms with E-state index in [4.69, 9.17) is 14.2 Å². The number of nitrogens with zero attached hydrogens (tertiary/aromatic N) is 2. The number of methoxy groups -OCH3 is 1. The number of benzene rings is 2. The van der Waals surface area contributed by atoms with Crippen molar-refractivity contribution in [2.24, 2.45) is 5.92 Å². The van der Waals surface area contributed by atoms with Crippen molar-refractivity contribution in [3.05, 3.63) is 65.7 Å². The summed E-state index contributed by atoms with van der Waals surface area (Å²) in [6.45, 7) is 2.94. The standard InChI is InChI=1S/C26H32N2O5/c1-31-23-9-5-8-21(14-23)18-33-24-15-27(12-10-20-6-3-2-4-7-20)25(29)17-28(16-24)26(30)22-11-13-32-19-22/h2-9,14,22,24H,10-13,15-19H2,1H3/t22-,24+/m1/s1. The predicted octanol–water partition coefficient (Wildman–Crippen LogP) is 2.53. The summed E-state index contributed by atoms with van der Waals surface area (Å²) in [4.78, 5) is 29.7. The number of carbonyl (C=O) groups excluding carboxylic acids is 2. The first-order chi connectivity index (χ1) is 16.1. The normalized spacial score (nSPS) is 21.2. The third kappa shape index (κ3) is 6.33. The van der Waals surface area contributed by atoms with Crippen molar-refractivity contribution >= 4 is 11.8 Å². The topological polar surface area (TPSA) is 68.3 Å². The van der Waals surface area contributed by atoms with Gasteiger partial charge in [0.25, 0.3) is 0 Å². The van der Waals surface area contributed by atoms with Gasteiger partial charge in [-0.15, -0.1) is 0 Å². The Morgan fingerprint density at radius 1 is 1.09 bits per heavy atom. The van der Waals surface area contributed by atoms with Gasteiger partial charge in [-0.05, 0) is 36.1 Å². The second-order valence-electron chi connectivity index (χ2n) is 8.64. The summed E-state index contributed by atoms with van der Waals surface area (Å²) in [5.41, 5.74) is 2.17. The minimum Gasteiger partial charge on any atom is -0.497 e. The van der Waals surface area contributed by atoms with E-state index in [1.165, 1.54) is 5.56 Å². The fourth-order valence-electron chi connectivity index (χ4n) is 4.34. The van der Waals surface area contributed by atoms with Crippen LogP contribution in [-0.2, 0) is 32.1 Å². The molecule has 2 aromatic rings. The quantitative estimate of drug-likeness (QED) is 0.616. The molecule has 2 fully saturated rings. The van der Waals surface area contributed by atoms with Gasteiger partial charge in [-0.2, -0.15) is 0 Å². The Morgan fingerprint density at radius 2 is 1.91 bits per heavy atom. The Hall–Kier alpha value is -2.90. The van der Waals surface area contributed by atoms with E-state index in [0.717, 1.165) is 17.7 Å². The Bertz CT molecular complexity index is 929. The van der Waals surface area contributed by atoms with Gasteiger partial charge in [-0.1, -0.05) is 42.5 Å². The number of amides is 2. The molecule has 0 aliphatic carbocycles. The summed E-state index contributed by atoms with van der Waals surface area (Å²) in [5, 5.41) is 0. The molecule has 176 valence electrons. The van der Waals surface area contributed by atoms with Gasteiger partial charge in [0.1, 0.15) is 5.75 Å². The van der Waals surface area contributed by atoms with E-state index in [1.54, 1.807) is 12.0 Å². The van der Waals surface area contributed by atoms with Crippen LogP contribution >= 0.6 is 0 Å². The Morgan fingerprint density at radius 3 is 2.67 bits per heavy atom. The zero-order valence-corrected chi connectivity index (χ0v) is 19.2. The zero-order valence-electron chi connectivity index (χ0n) is 19.2. The van der Waals surface area contributed by atoms with Crippen LogP contribution in [0.5, 0.6) is 5.75 Å². The summed E-state index contributed by atoms with van der Waals surface area (Å²) < 4.78 is 17.0. The number of hydrogen-bond donors (Lipinski definition) is 0. The van der Waals surface area contributed by atoms with Gasteiger partial charge >= 0.3 is 0 Å². The van der Waals surface area contributed by atoms with E-state index in [0.29, 0.717) is 45.9 Å². The number of carbonyl (C=O) groups is 2. The molecule has 0 bridgehead atoms. The van der Waals surface area contributed by atoms with Gasteiger partial charge in [0, 0.05) is 26.2 Å². The second kappa shape index (κ2) is 11.3. The molecular weight excluding hydrogens is 420 g/mol. The monoisotopic (exact) mass is 452 g/mol. The molecule has 2 saturated heterocycles. The van der Waals surface area contributed by atoms with Crippen molar-refractivity contribution in [3.63, 3.8) is 0 Å². The molecule has 7 heteroatoms. The molecule has 7 nitrogen and oxygen atoms in total. The molecule has 2 aromatic carbocycles. The van der Waals surface area contributed by atoms with E-state index in [2.05, 4.69) is 12.1 Å². The highest BCUT2D eigenvalue weighted by atomic mass is 16.5. The fourth-order valence-corrected chi connectivity index (χ4v) is 4.34. The average Bonchev–Trinajstić information content (AvgIpc) is 3.34. The van der Waals surface area contributed by atoms with Gasteiger partial charge in [-0.25, -0.2) is 0 Å². The molecule has 0 unspecified atom stereocenters. The van der Waals surface area contributed by atoms with E-state index < -0.39 is 0 Å². The summed E-state index contributed by atoms with van der Waals surface area (Å²) >= 11 is 0. The number of ether oxygens (including phenoxy) is 3. The maximum Gasteiger partial charge on any atom is 0.242 e. The van der Waals surface area contributed by atoms with Crippen LogP contribution in [0.25, 0.3) is 0 Å². The third-order valence-electron chi connectivity index (χ3n) is 6.25. The van der Waals surface area contributed by atoms with E-state index in [9.17, 15) is 9.59 Å². The highest BCUT2D eigenvalue weighted by Crippen LogP contribution is 2.20. The molecule has 0 N–H and O–H groups in total. The van der Waals surface area contributed by atoms with E-state index in [-0.39, 0.29) is 30.4 Å². The van der Waals surface area contributed by atoms with Gasteiger partial charge < -0.3 is 24.0 Å². The second-order valence-corrected chi connectivity index (χ2v) is 8.64. The largest absolute Gasteiger partial charge is 0.497 e. The van der Waals surface area contributed by atoms with Crippen molar-refractivity contribution in [1.29, 1.82) is 0 Å².